The molecule has 1 aromatic heterocycles. The van der Waals surface area contributed by atoms with Crippen LogP contribution in [0.5, 0.6) is 0 Å². The Balaban J connectivity index is 1.64. The third-order valence-electron chi connectivity index (χ3n) is 5.30. The summed E-state index contributed by atoms with van der Waals surface area (Å²) in [5, 5.41) is 1.89. The standard InChI is InChI=1S/C20H29N3O3S/c1-20(2,3)19(26)22-12-10-21(11-13-22)17(24)15-7-4-5-9-23(15)18(25)16-8-6-14-27-16/h6,8,14-15H,4-5,7,9-13H2,1-3H3. The van der Waals surface area contributed by atoms with E-state index in [0.717, 1.165) is 19.3 Å². The third-order valence-corrected chi connectivity index (χ3v) is 6.16. The van der Waals surface area contributed by atoms with Gasteiger partial charge in [0.25, 0.3) is 5.91 Å². The number of piperidine rings is 1. The fourth-order valence-electron chi connectivity index (χ4n) is 3.79. The van der Waals surface area contributed by atoms with Crippen molar-refractivity contribution in [2.45, 2.75) is 46.1 Å². The molecule has 0 spiro atoms. The molecule has 2 saturated heterocycles. The van der Waals surface area contributed by atoms with Crippen LogP contribution >= 0.6 is 11.3 Å². The molecule has 0 bridgehead atoms. The van der Waals surface area contributed by atoms with Crippen LogP contribution in [0.25, 0.3) is 0 Å². The van der Waals surface area contributed by atoms with Crippen LogP contribution < -0.4 is 0 Å². The molecular formula is C20H29N3O3S. The molecule has 0 saturated carbocycles. The normalized spacial score (nSPS) is 21.3. The molecule has 6 nitrogen and oxygen atoms in total. The van der Waals surface area contributed by atoms with Crippen molar-refractivity contribution in [2.75, 3.05) is 32.7 Å². The molecule has 148 valence electrons. The molecule has 0 N–H and O–H groups in total. The lowest BCUT2D eigenvalue weighted by Gasteiger charge is -2.41. The molecule has 1 atom stereocenters. The average Bonchev–Trinajstić information content (AvgIpc) is 3.20. The first-order chi connectivity index (χ1) is 12.8. The molecule has 2 aliphatic heterocycles. The van der Waals surface area contributed by atoms with Crippen LogP contribution in [0.1, 0.15) is 49.7 Å². The summed E-state index contributed by atoms with van der Waals surface area (Å²) in [7, 11) is 0. The predicted molar refractivity (Wildman–Crippen MR) is 106 cm³/mol. The summed E-state index contributed by atoms with van der Waals surface area (Å²) in [6.07, 6.45) is 2.62. The first kappa shape index (κ1) is 19.9. The van der Waals surface area contributed by atoms with Gasteiger partial charge < -0.3 is 14.7 Å². The Morgan fingerprint density at radius 3 is 2.26 bits per heavy atom. The highest BCUT2D eigenvalue weighted by molar-refractivity contribution is 7.12. The molecule has 2 aliphatic rings. The smallest absolute Gasteiger partial charge is 0.264 e. The number of amides is 3. The topological polar surface area (TPSA) is 60.9 Å². The molecule has 1 unspecified atom stereocenters. The molecule has 0 radical (unpaired) electrons. The fraction of sp³-hybridized carbons (Fsp3) is 0.650. The molecule has 1 aromatic rings. The van der Waals surface area contributed by atoms with Gasteiger partial charge in [0.1, 0.15) is 6.04 Å². The Labute approximate surface area is 165 Å². The van der Waals surface area contributed by atoms with E-state index >= 15 is 0 Å². The van der Waals surface area contributed by atoms with E-state index in [2.05, 4.69) is 0 Å². The second-order valence-electron chi connectivity index (χ2n) is 8.35. The Morgan fingerprint density at radius 1 is 1.00 bits per heavy atom. The lowest BCUT2D eigenvalue weighted by atomic mass is 9.94. The summed E-state index contributed by atoms with van der Waals surface area (Å²) in [5.74, 6) is 0.119. The maximum atomic E-state index is 13.1. The zero-order valence-electron chi connectivity index (χ0n) is 16.4. The molecular weight excluding hydrogens is 362 g/mol. The van der Waals surface area contributed by atoms with E-state index in [0.29, 0.717) is 37.6 Å². The number of rotatable bonds is 2. The van der Waals surface area contributed by atoms with Crippen LogP contribution in [0.4, 0.5) is 0 Å². The van der Waals surface area contributed by atoms with Gasteiger partial charge in [0.05, 0.1) is 4.88 Å². The minimum atomic E-state index is -0.403. The van der Waals surface area contributed by atoms with Gasteiger partial charge in [0.2, 0.25) is 11.8 Å². The molecule has 3 heterocycles. The van der Waals surface area contributed by atoms with Crippen LogP contribution in [0.3, 0.4) is 0 Å². The monoisotopic (exact) mass is 391 g/mol. The summed E-state index contributed by atoms with van der Waals surface area (Å²) in [6.45, 7) is 8.60. The van der Waals surface area contributed by atoms with Crippen LogP contribution in [0, 0.1) is 5.41 Å². The van der Waals surface area contributed by atoms with Gasteiger partial charge in [0.15, 0.2) is 0 Å². The summed E-state index contributed by atoms with van der Waals surface area (Å²) < 4.78 is 0. The van der Waals surface area contributed by atoms with Gasteiger partial charge in [-0.25, -0.2) is 0 Å². The maximum Gasteiger partial charge on any atom is 0.264 e. The maximum absolute atomic E-state index is 13.1. The molecule has 2 fully saturated rings. The number of likely N-dealkylation sites (tertiary alicyclic amines) is 1. The van der Waals surface area contributed by atoms with Crippen LogP contribution in [0.2, 0.25) is 0 Å². The highest BCUT2D eigenvalue weighted by Crippen LogP contribution is 2.24. The number of thiophene rings is 1. The molecule has 0 aliphatic carbocycles. The van der Waals surface area contributed by atoms with Crippen molar-refractivity contribution >= 4 is 29.1 Å². The number of carbonyl (C=O) groups excluding carboxylic acids is 3. The summed E-state index contributed by atoms with van der Waals surface area (Å²) >= 11 is 1.42. The molecule has 7 heteroatoms. The second kappa shape index (κ2) is 8.00. The van der Waals surface area contributed by atoms with Crippen molar-refractivity contribution in [3.8, 4) is 0 Å². The number of piperazine rings is 1. The predicted octanol–water partition coefficient (Wildman–Crippen LogP) is 2.46. The largest absolute Gasteiger partial charge is 0.339 e. The molecule has 3 rings (SSSR count). The highest BCUT2D eigenvalue weighted by atomic mass is 32.1. The summed E-state index contributed by atoms with van der Waals surface area (Å²) in [6, 6.07) is 3.31. The first-order valence-electron chi connectivity index (χ1n) is 9.71. The van der Waals surface area contributed by atoms with Gasteiger partial charge in [-0.05, 0) is 30.7 Å². The lowest BCUT2D eigenvalue weighted by Crippen LogP contribution is -2.58. The Morgan fingerprint density at radius 2 is 1.67 bits per heavy atom. The number of hydrogen-bond acceptors (Lipinski definition) is 4. The van der Waals surface area contributed by atoms with Gasteiger partial charge >= 0.3 is 0 Å². The number of carbonyl (C=O) groups is 3. The van der Waals surface area contributed by atoms with E-state index in [-0.39, 0.29) is 23.8 Å². The van der Waals surface area contributed by atoms with Crippen molar-refractivity contribution < 1.29 is 14.4 Å². The molecule has 27 heavy (non-hydrogen) atoms. The Kier molecular flexibility index (Phi) is 5.89. The van der Waals surface area contributed by atoms with Crippen molar-refractivity contribution in [3.05, 3.63) is 22.4 Å². The van der Waals surface area contributed by atoms with Crippen molar-refractivity contribution in [3.63, 3.8) is 0 Å². The third kappa shape index (κ3) is 4.34. The van der Waals surface area contributed by atoms with E-state index in [9.17, 15) is 14.4 Å². The zero-order valence-corrected chi connectivity index (χ0v) is 17.3. The van der Waals surface area contributed by atoms with Gasteiger partial charge in [-0.3, -0.25) is 14.4 Å². The summed E-state index contributed by atoms with van der Waals surface area (Å²) in [5.41, 5.74) is -0.403. The van der Waals surface area contributed by atoms with Crippen molar-refractivity contribution in [2.24, 2.45) is 5.41 Å². The van der Waals surface area contributed by atoms with Gasteiger partial charge in [-0.15, -0.1) is 11.3 Å². The Hall–Kier alpha value is -1.89. The van der Waals surface area contributed by atoms with Gasteiger partial charge in [-0.1, -0.05) is 26.8 Å². The SMILES string of the molecule is CC(C)(C)C(=O)N1CCN(C(=O)C2CCCCN2C(=O)c2cccs2)CC1. The first-order valence-corrected chi connectivity index (χ1v) is 10.6. The quantitative estimate of drug-likeness (QED) is 0.778. The zero-order chi connectivity index (χ0) is 19.6. The fourth-order valence-corrected chi connectivity index (χ4v) is 4.47. The average molecular weight is 392 g/mol. The van der Waals surface area contributed by atoms with E-state index in [1.54, 1.807) is 4.90 Å². The molecule has 3 amide bonds. The Bertz CT molecular complexity index is 688. The van der Waals surface area contributed by atoms with Crippen molar-refractivity contribution in [1.82, 2.24) is 14.7 Å². The van der Waals surface area contributed by atoms with Crippen molar-refractivity contribution in [1.29, 1.82) is 0 Å². The highest BCUT2D eigenvalue weighted by Gasteiger charge is 2.37. The minimum Gasteiger partial charge on any atom is -0.339 e. The minimum absolute atomic E-state index is 0.0301. The van der Waals surface area contributed by atoms with Crippen LogP contribution in [0.15, 0.2) is 17.5 Å². The van der Waals surface area contributed by atoms with Crippen LogP contribution in [-0.2, 0) is 9.59 Å². The summed E-state index contributed by atoms with van der Waals surface area (Å²) in [4.78, 5) is 44.5. The van der Waals surface area contributed by atoms with Gasteiger partial charge in [-0.2, -0.15) is 0 Å². The second-order valence-corrected chi connectivity index (χ2v) is 9.30. The van der Waals surface area contributed by atoms with E-state index in [1.165, 1.54) is 11.3 Å². The van der Waals surface area contributed by atoms with E-state index in [4.69, 9.17) is 0 Å². The molecule has 0 aromatic carbocycles. The van der Waals surface area contributed by atoms with Crippen LogP contribution in [-0.4, -0.2) is 71.2 Å². The van der Waals surface area contributed by atoms with Gasteiger partial charge in [0, 0.05) is 38.1 Å². The number of nitrogens with zero attached hydrogens (tertiary/aromatic N) is 3. The van der Waals surface area contributed by atoms with E-state index in [1.807, 2.05) is 48.1 Å². The van der Waals surface area contributed by atoms with E-state index < -0.39 is 5.41 Å². The lowest BCUT2D eigenvalue weighted by molar-refractivity contribution is -0.147. The number of hydrogen-bond donors (Lipinski definition) is 0.